The second kappa shape index (κ2) is 12.3. The van der Waals surface area contributed by atoms with E-state index < -0.39 is 0 Å². The lowest BCUT2D eigenvalue weighted by Gasteiger charge is -2.26. The highest BCUT2D eigenvalue weighted by atomic mass is 16.7. The number of hydrogen-bond acceptors (Lipinski definition) is 2. The van der Waals surface area contributed by atoms with Crippen molar-refractivity contribution < 1.29 is 14.0 Å². The van der Waals surface area contributed by atoms with Gasteiger partial charge in [-0.15, -0.1) is 0 Å². The highest BCUT2D eigenvalue weighted by molar-refractivity contribution is 4.65. The fourth-order valence-corrected chi connectivity index (χ4v) is 3.34. The van der Waals surface area contributed by atoms with Gasteiger partial charge in [0, 0.05) is 0 Å². The van der Waals surface area contributed by atoms with E-state index in [-0.39, 0.29) is 12.4 Å². The van der Waals surface area contributed by atoms with E-state index in [0.29, 0.717) is 0 Å². The first-order chi connectivity index (χ1) is 11.0. The van der Waals surface area contributed by atoms with Crippen LogP contribution in [0.1, 0.15) is 84.0 Å². The molecule has 1 heterocycles. The van der Waals surface area contributed by atoms with Crippen molar-refractivity contribution in [3.63, 3.8) is 0 Å². The molecule has 1 saturated heterocycles. The third-order valence-corrected chi connectivity index (χ3v) is 4.61. The van der Waals surface area contributed by atoms with E-state index in [4.69, 9.17) is 9.47 Å². The summed E-state index contributed by atoms with van der Waals surface area (Å²) >= 11 is 0. The lowest BCUT2D eigenvalue weighted by molar-refractivity contribution is -0.873. The molecule has 1 fully saturated rings. The molecular formula is C20H42NO2+. The predicted molar refractivity (Wildman–Crippen MR) is 98.6 cm³/mol. The standard InChI is InChI=1S/C20H42NO2/c1-5-6-7-8-9-10-11-12-13-14-15-16-20-22-18-19(23-20)17-21(2,3)4/h19-20H,5-18H2,1-4H3/q+1/t19-,20+/m0/s1. The van der Waals surface area contributed by atoms with Crippen LogP contribution in [0.2, 0.25) is 0 Å². The molecular weight excluding hydrogens is 286 g/mol. The van der Waals surface area contributed by atoms with Gasteiger partial charge in [-0.25, -0.2) is 0 Å². The van der Waals surface area contributed by atoms with Crippen LogP contribution in [-0.4, -0.2) is 51.2 Å². The minimum atomic E-state index is 0.0603. The number of unbranched alkanes of at least 4 members (excludes halogenated alkanes) is 10. The Morgan fingerprint density at radius 3 is 1.83 bits per heavy atom. The van der Waals surface area contributed by atoms with Crippen LogP contribution < -0.4 is 0 Å². The Labute approximate surface area is 145 Å². The molecule has 2 atom stereocenters. The molecule has 0 amide bonds. The highest BCUT2D eigenvalue weighted by Crippen LogP contribution is 2.19. The lowest BCUT2D eigenvalue weighted by atomic mass is 10.1. The Hall–Kier alpha value is -0.120. The van der Waals surface area contributed by atoms with Gasteiger partial charge in [0.1, 0.15) is 12.6 Å². The molecule has 1 rings (SSSR count). The van der Waals surface area contributed by atoms with E-state index in [1.165, 1.54) is 70.6 Å². The van der Waals surface area contributed by atoms with Crippen LogP contribution >= 0.6 is 0 Å². The molecule has 0 aromatic rings. The van der Waals surface area contributed by atoms with Crippen molar-refractivity contribution in [2.75, 3.05) is 34.3 Å². The summed E-state index contributed by atoms with van der Waals surface area (Å²) in [6.45, 7) is 4.10. The first-order valence-corrected chi connectivity index (χ1v) is 10.1. The zero-order valence-electron chi connectivity index (χ0n) is 16.3. The van der Waals surface area contributed by atoms with Gasteiger partial charge in [-0.05, 0) is 12.8 Å². The van der Waals surface area contributed by atoms with Crippen molar-refractivity contribution in [3.05, 3.63) is 0 Å². The molecule has 0 spiro atoms. The van der Waals surface area contributed by atoms with E-state index >= 15 is 0 Å². The number of nitrogens with zero attached hydrogens (tertiary/aromatic N) is 1. The Balaban J connectivity index is 1.85. The monoisotopic (exact) mass is 328 g/mol. The summed E-state index contributed by atoms with van der Waals surface area (Å²) in [7, 11) is 6.63. The van der Waals surface area contributed by atoms with Crippen LogP contribution in [0.15, 0.2) is 0 Å². The summed E-state index contributed by atoms with van der Waals surface area (Å²) < 4.78 is 12.7. The maximum absolute atomic E-state index is 5.99. The zero-order chi connectivity index (χ0) is 17.0. The second-order valence-electron chi connectivity index (χ2n) is 8.32. The van der Waals surface area contributed by atoms with E-state index in [1.54, 1.807) is 0 Å². The number of hydrogen-bond donors (Lipinski definition) is 0. The summed E-state index contributed by atoms with van der Waals surface area (Å²) in [6.07, 6.45) is 16.7. The molecule has 0 unspecified atom stereocenters. The SMILES string of the molecule is CCCCCCCCCCCCC[C@@H]1OC[C@H](C[N+](C)(C)C)O1. The van der Waals surface area contributed by atoms with Crippen molar-refractivity contribution in [1.29, 1.82) is 0 Å². The Morgan fingerprint density at radius 2 is 1.30 bits per heavy atom. The Bertz CT molecular complexity index is 275. The van der Waals surface area contributed by atoms with Gasteiger partial charge in [0.25, 0.3) is 0 Å². The molecule has 3 heteroatoms. The van der Waals surface area contributed by atoms with Gasteiger partial charge >= 0.3 is 0 Å². The number of quaternary nitrogens is 1. The molecule has 0 aromatic carbocycles. The van der Waals surface area contributed by atoms with Crippen molar-refractivity contribution in [2.45, 2.75) is 96.4 Å². The summed E-state index contributed by atoms with van der Waals surface area (Å²) in [5.41, 5.74) is 0. The van der Waals surface area contributed by atoms with Crippen LogP contribution in [0.3, 0.4) is 0 Å². The van der Waals surface area contributed by atoms with Crippen LogP contribution in [0, 0.1) is 0 Å². The van der Waals surface area contributed by atoms with Crippen molar-refractivity contribution in [3.8, 4) is 0 Å². The minimum absolute atomic E-state index is 0.0603. The summed E-state index contributed by atoms with van der Waals surface area (Å²) in [5.74, 6) is 0. The summed E-state index contributed by atoms with van der Waals surface area (Å²) in [5, 5.41) is 0. The Morgan fingerprint density at radius 1 is 0.783 bits per heavy atom. The van der Waals surface area contributed by atoms with Crippen LogP contribution in [-0.2, 0) is 9.47 Å². The lowest BCUT2D eigenvalue weighted by Crippen LogP contribution is -2.42. The first-order valence-electron chi connectivity index (χ1n) is 10.1. The van der Waals surface area contributed by atoms with Gasteiger partial charge in [0.2, 0.25) is 0 Å². The third-order valence-electron chi connectivity index (χ3n) is 4.61. The third kappa shape index (κ3) is 12.0. The van der Waals surface area contributed by atoms with Gasteiger partial charge in [0.05, 0.1) is 27.7 Å². The molecule has 23 heavy (non-hydrogen) atoms. The van der Waals surface area contributed by atoms with Gasteiger partial charge in [-0.1, -0.05) is 71.1 Å². The fraction of sp³-hybridized carbons (Fsp3) is 1.00. The first kappa shape index (κ1) is 20.9. The van der Waals surface area contributed by atoms with Crippen molar-refractivity contribution in [2.24, 2.45) is 0 Å². The predicted octanol–water partition coefficient (Wildman–Crippen LogP) is 5.14. The number of ether oxygens (including phenoxy) is 2. The van der Waals surface area contributed by atoms with Crippen molar-refractivity contribution >= 4 is 0 Å². The minimum Gasteiger partial charge on any atom is -0.350 e. The number of likely N-dealkylation sites (N-methyl/N-ethyl adjacent to an activating group) is 1. The summed E-state index contributed by atoms with van der Waals surface area (Å²) in [6, 6.07) is 0. The highest BCUT2D eigenvalue weighted by Gasteiger charge is 2.29. The molecule has 0 N–H and O–H groups in total. The molecule has 0 aliphatic carbocycles. The van der Waals surface area contributed by atoms with E-state index in [2.05, 4.69) is 28.1 Å². The maximum atomic E-state index is 5.99. The van der Waals surface area contributed by atoms with Gasteiger partial charge in [0.15, 0.2) is 6.29 Å². The molecule has 0 saturated carbocycles. The number of rotatable bonds is 14. The smallest absolute Gasteiger partial charge is 0.158 e. The molecule has 1 aliphatic rings. The van der Waals surface area contributed by atoms with Gasteiger partial charge in [-0.3, -0.25) is 0 Å². The largest absolute Gasteiger partial charge is 0.350 e. The van der Waals surface area contributed by atoms with Crippen LogP contribution in [0.5, 0.6) is 0 Å². The van der Waals surface area contributed by atoms with E-state index in [9.17, 15) is 0 Å². The molecule has 1 aliphatic heterocycles. The fourth-order valence-electron chi connectivity index (χ4n) is 3.34. The second-order valence-corrected chi connectivity index (χ2v) is 8.32. The molecule has 138 valence electrons. The molecule has 3 nitrogen and oxygen atoms in total. The summed E-state index contributed by atoms with van der Waals surface area (Å²) in [4.78, 5) is 0. The maximum Gasteiger partial charge on any atom is 0.158 e. The normalized spacial score (nSPS) is 21.9. The van der Waals surface area contributed by atoms with Gasteiger partial charge in [-0.2, -0.15) is 0 Å². The molecule has 0 radical (unpaired) electrons. The van der Waals surface area contributed by atoms with Crippen molar-refractivity contribution in [1.82, 2.24) is 0 Å². The Kier molecular flexibility index (Phi) is 11.2. The molecule has 0 bridgehead atoms. The van der Waals surface area contributed by atoms with Gasteiger partial charge < -0.3 is 14.0 Å². The van der Waals surface area contributed by atoms with Crippen LogP contribution in [0.4, 0.5) is 0 Å². The quantitative estimate of drug-likeness (QED) is 0.325. The molecule has 0 aromatic heterocycles. The zero-order valence-corrected chi connectivity index (χ0v) is 16.3. The average molecular weight is 329 g/mol. The average Bonchev–Trinajstić information content (AvgIpc) is 2.90. The topological polar surface area (TPSA) is 18.5 Å². The van der Waals surface area contributed by atoms with E-state index in [1.807, 2.05) is 0 Å². The van der Waals surface area contributed by atoms with E-state index in [0.717, 1.165) is 24.1 Å². The van der Waals surface area contributed by atoms with Crippen LogP contribution in [0.25, 0.3) is 0 Å².